The van der Waals surface area contributed by atoms with Gasteiger partial charge in [0.05, 0.1) is 12.6 Å². The Labute approximate surface area is 177 Å². The van der Waals surface area contributed by atoms with E-state index in [9.17, 15) is 9.59 Å². The van der Waals surface area contributed by atoms with Crippen LogP contribution in [-0.4, -0.2) is 36.5 Å². The minimum atomic E-state index is -0.731. The Morgan fingerprint density at radius 2 is 1.63 bits per heavy atom. The fourth-order valence-electron chi connectivity index (χ4n) is 3.87. The predicted molar refractivity (Wildman–Crippen MR) is 119 cm³/mol. The van der Waals surface area contributed by atoms with Crippen molar-refractivity contribution in [3.63, 3.8) is 0 Å². The molecule has 2 atom stereocenters. The molecule has 2 amide bonds. The van der Waals surface area contributed by atoms with Crippen LogP contribution in [0.5, 0.6) is 0 Å². The lowest BCUT2D eigenvalue weighted by Crippen LogP contribution is -2.52. The Bertz CT molecular complexity index is 998. The van der Waals surface area contributed by atoms with Gasteiger partial charge in [0.2, 0.25) is 11.8 Å². The molecule has 3 aromatic carbocycles. The fraction of sp³-hybridized carbons (Fsp3) is 0.280. The van der Waals surface area contributed by atoms with E-state index in [0.29, 0.717) is 6.54 Å². The summed E-state index contributed by atoms with van der Waals surface area (Å²) in [6, 6.07) is 22.8. The molecular weight excluding hydrogens is 376 g/mol. The molecule has 30 heavy (non-hydrogen) atoms. The number of carbonyl (C=O) groups is 2. The Hall–Kier alpha value is -3.18. The molecule has 0 fully saturated rings. The first kappa shape index (κ1) is 21.5. The summed E-state index contributed by atoms with van der Waals surface area (Å²) in [5.74, 6) is -0.407. The van der Waals surface area contributed by atoms with Crippen LogP contribution in [0, 0.1) is 0 Å². The molecule has 0 radical (unpaired) electrons. The third-order valence-electron chi connectivity index (χ3n) is 5.33. The van der Waals surface area contributed by atoms with Crippen molar-refractivity contribution in [1.29, 1.82) is 0 Å². The SMILES string of the molecule is COC[C@H](C(=O)NCc1ccccc1)N(C(C)=O)[C@@H](C)c1cccc2ccccc12. The first-order chi connectivity index (χ1) is 14.5. The Balaban J connectivity index is 1.88. The lowest BCUT2D eigenvalue weighted by molar-refractivity contribution is -0.143. The molecule has 0 aliphatic heterocycles. The van der Waals surface area contributed by atoms with E-state index < -0.39 is 6.04 Å². The van der Waals surface area contributed by atoms with Gasteiger partial charge in [0, 0.05) is 20.6 Å². The number of nitrogens with zero attached hydrogens (tertiary/aromatic N) is 1. The Morgan fingerprint density at radius 3 is 2.33 bits per heavy atom. The highest BCUT2D eigenvalue weighted by atomic mass is 16.5. The molecule has 0 unspecified atom stereocenters. The molecule has 0 aliphatic carbocycles. The number of fused-ring (bicyclic) bond motifs is 1. The summed E-state index contributed by atoms with van der Waals surface area (Å²) in [4.78, 5) is 27.4. The zero-order valence-corrected chi connectivity index (χ0v) is 17.7. The monoisotopic (exact) mass is 404 g/mol. The molecule has 0 spiro atoms. The van der Waals surface area contributed by atoms with E-state index in [1.807, 2.05) is 79.7 Å². The van der Waals surface area contributed by atoms with Gasteiger partial charge in [-0.3, -0.25) is 9.59 Å². The number of rotatable bonds is 8. The van der Waals surface area contributed by atoms with E-state index in [0.717, 1.165) is 21.9 Å². The molecule has 0 saturated carbocycles. The van der Waals surface area contributed by atoms with Crippen LogP contribution in [0.1, 0.15) is 31.0 Å². The van der Waals surface area contributed by atoms with Crippen molar-refractivity contribution in [1.82, 2.24) is 10.2 Å². The number of benzene rings is 3. The van der Waals surface area contributed by atoms with Crippen LogP contribution < -0.4 is 5.32 Å². The zero-order valence-electron chi connectivity index (χ0n) is 17.7. The molecule has 1 N–H and O–H groups in total. The summed E-state index contributed by atoms with van der Waals surface area (Å²) in [5.41, 5.74) is 2.00. The molecule has 0 bridgehead atoms. The number of carbonyl (C=O) groups excluding carboxylic acids is 2. The second-order valence-electron chi connectivity index (χ2n) is 7.35. The normalized spacial score (nSPS) is 12.9. The van der Waals surface area contributed by atoms with Crippen LogP contribution in [0.3, 0.4) is 0 Å². The highest BCUT2D eigenvalue weighted by Gasteiger charge is 2.32. The minimum absolute atomic E-state index is 0.120. The third kappa shape index (κ3) is 4.86. The van der Waals surface area contributed by atoms with E-state index in [4.69, 9.17) is 4.74 Å². The van der Waals surface area contributed by atoms with E-state index in [-0.39, 0.29) is 24.5 Å². The summed E-state index contributed by atoms with van der Waals surface area (Å²) in [6.45, 7) is 3.97. The van der Waals surface area contributed by atoms with Gasteiger partial charge in [-0.25, -0.2) is 0 Å². The van der Waals surface area contributed by atoms with Crippen LogP contribution in [0.4, 0.5) is 0 Å². The fourth-order valence-corrected chi connectivity index (χ4v) is 3.87. The van der Waals surface area contributed by atoms with E-state index in [2.05, 4.69) is 5.32 Å². The second kappa shape index (κ2) is 10.0. The maximum atomic E-state index is 13.1. The summed E-state index contributed by atoms with van der Waals surface area (Å²) in [6.07, 6.45) is 0. The van der Waals surface area contributed by atoms with Crippen molar-refractivity contribution >= 4 is 22.6 Å². The lowest BCUT2D eigenvalue weighted by atomic mass is 9.97. The molecule has 156 valence electrons. The maximum absolute atomic E-state index is 13.1. The number of nitrogens with one attached hydrogen (secondary N) is 1. The van der Waals surface area contributed by atoms with Gasteiger partial charge in [0.15, 0.2) is 0 Å². The van der Waals surface area contributed by atoms with E-state index in [1.54, 1.807) is 12.0 Å². The number of hydrogen-bond donors (Lipinski definition) is 1. The molecule has 0 heterocycles. The van der Waals surface area contributed by atoms with Crippen molar-refractivity contribution in [3.05, 3.63) is 83.9 Å². The topological polar surface area (TPSA) is 58.6 Å². The first-order valence-corrected chi connectivity index (χ1v) is 10.1. The quantitative estimate of drug-likeness (QED) is 0.615. The van der Waals surface area contributed by atoms with Gasteiger partial charge in [0.1, 0.15) is 6.04 Å². The number of methoxy groups -OCH3 is 1. The predicted octanol–water partition coefficient (Wildman–Crippen LogP) is 4.08. The summed E-state index contributed by atoms with van der Waals surface area (Å²) >= 11 is 0. The van der Waals surface area contributed by atoms with Crippen molar-refractivity contribution in [3.8, 4) is 0 Å². The van der Waals surface area contributed by atoms with Crippen molar-refractivity contribution < 1.29 is 14.3 Å². The maximum Gasteiger partial charge on any atom is 0.245 e. The Morgan fingerprint density at radius 1 is 0.967 bits per heavy atom. The third-order valence-corrected chi connectivity index (χ3v) is 5.33. The van der Waals surface area contributed by atoms with Gasteiger partial charge in [0.25, 0.3) is 0 Å². The lowest BCUT2D eigenvalue weighted by Gasteiger charge is -2.35. The van der Waals surface area contributed by atoms with Gasteiger partial charge in [-0.05, 0) is 28.8 Å². The molecule has 3 aromatic rings. The number of ether oxygens (including phenoxy) is 1. The van der Waals surface area contributed by atoms with E-state index in [1.165, 1.54) is 6.92 Å². The average molecular weight is 405 g/mol. The molecule has 0 saturated heterocycles. The minimum Gasteiger partial charge on any atom is -0.382 e. The molecular formula is C25H28N2O3. The zero-order chi connectivity index (χ0) is 21.5. The average Bonchev–Trinajstić information content (AvgIpc) is 2.77. The second-order valence-corrected chi connectivity index (χ2v) is 7.35. The van der Waals surface area contributed by atoms with Crippen LogP contribution in [-0.2, 0) is 20.9 Å². The smallest absolute Gasteiger partial charge is 0.245 e. The van der Waals surface area contributed by atoms with Crippen LogP contribution >= 0.6 is 0 Å². The highest BCUT2D eigenvalue weighted by Crippen LogP contribution is 2.29. The summed E-state index contributed by atoms with van der Waals surface area (Å²) in [7, 11) is 1.54. The molecule has 0 aromatic heterocycles. The van der Waals surface area contributed by atoms with Crippen LogP contribution in [0.15, 0.2) is 72.8 Å². The van der Waals surface area contributed by atoms with Gasteiger partial charge in [-0.1, -0.05) is 72.8 Å². The van der Waals surface area contributed by atoms with Gasteiger partial charge < -0.3 is 15.0 Å². The van der Waals surface area contributed by atoms with Crippen molar-refractivity contribution in [2.45, 2.75) is 32.5 Å². The molecule has 0 aliphatic rings. The molecule has 5 heteroatoms. The van der Waals surface area contributed by atoms with Gasteiger partial charge in [-0.15, -0.1) is 0 Å². The largest absolute Gasteiger partial charge is 0.382 e. The highest BCUT2D eigenvalue weighted by molar-refractivity contribution is 5.89. The molecule has 3 rings (SSSR count). The van der Waals surface area contributed by atoms with Crippen molar-refractivity contribution in [2.24, 2.45) is 0 Å². The standard InChI is InChI=1S/C25H28N2O3/c1-18(22-15-9-13-21-12-7-8-14-23(21)22)27(19(2)28)24(17-30-3)25(29)26-16-20-10-5-4-6-11-20/h4-15,18,24H,16-17H2,1-3H3,(H,26,29)/t18-,24+/m0/s1. The summed E-state index contributed by atoms with van der Waals surface area (Å²) in [5, 5.41) is 5.12. The first-order valence-electron chi connectivity index (χ1n) is 10.1. The van der Waals surface area contributed by atoms with Gasteiger partial charge in [-0.2, -0.15) is 0 Å². The van der Waals surface area contributed by atoms with Gasteiger partial charge >= 0.3 is 0 Å². The van der Waals surface area contributed by atoms with Crippen LogP contribution in [0.25, 0.3) is 10.8 Å². The Kier molecular flexibility index (Phi) is 7.20. The number of hydrogen-bond acceptors (Lipinski definition) is 3. The summed E-state index contributed by atoms with van der Waals surface area (Å²) < 4.78 is 5.33. The van der Waals surface area contributed by atoms with Crippen molar-refractivity contribution in [2.75, 3.05) is 13.7 Å². The number of amides is 2. The van der Waals surface area contributed by atoms with E-state index >= 15 is 0 Å². The molecule has 5 nitrogen and oxygen atoms in total. The van der Waals surface area contributed by atoms with Crippen LogP contribution in [0.2, 0.25) is 0 Å².